The molecular weight excluding hydrogens is 392 g/mol. The molecule has 2 aromatic rings. The minimum Gasteiger partial charge on any atom is -0.494 e. The number of rotatable bonds is 11. The Labute approximate surface area is 174 Å². The average molecular weight is 416 g/mol. The van der Waals surface area contributed by atoms with Gasteiger partial charge >= 0.3 is 5.97 Å². The summed E-state index contributed by atoms with van der Waals surface area (Å²) >= 11 is 0. The van der Waals surface area contributed by atoms with Crippen molar-refractivity contribution in [1.82, 2.24) is 0 Å². The molecule has 9 heteroatoms. The van der Waals surface area contributed by atoms with Gasteiger partial charge in [-0.1, -0.05) is 0 Å². The number of benzene rings is 2. The Bertz CT molecular complexity index is 897. The van der Waals surface area contributed by atoms with Gasteiger partial charge in [0.25, 0.3) is 5.69 Å². The lowest BCUT2D eigenvalue weighted by molar-refractivity contribution is -0.384. The first-order valence-electron chi connectivity index (χ1n) is 9.36. The fourth-order valence-electron chi connectivity index (χ4n) is 2.65. The first-order chi connectivity index (χ1) is 14.4. The van der Waals surface area contributed by atoms with Crippen LogP contribution in [0.4, 0.5) is 11.4 Å². The van der Waals surface area contributed by atoms with Crippen molar-refractivity contribution in [2.45, 2.75) is 20.0 Å². The predicted molar refractivity (Wildman–Crippen MR) is 110 cm³/mol. The van der Waals surface area contributed by atoms with Crippen molar-refractivity contribution in [1.29, 1.82) is 0 Å². The number of nitro benzene ring substituents is 1. The first kappa shape index (κ1) is 22.8. The molecule has 0 aliphatic carbocycles. The summed E-state index contributed by atoms with van der Waals surface area (Å²) in [6, 6.07) is 10.3. The number of methoxy groups -OCH3 is 1. The van der Waals surface area contributed by atoms with Crippen molar-refractivity contribution in [3.8, 4) is 5.75 Å². The SMILES string of the molecule is CCOc1ccc(C(=O)[C@@H](C)OC(=O)c2cc([N+](=O)[O-])ccc2NCCOC)cc1. The Balaban J connectivity index is 2.16. The van der Waals surface area contributed by atoms with Crippen LogP contribution >= 0.6 is 0 Å². The van der Waals surface area contributed by atoms with Crippen molar-refractivity contribution in [2.75, 3.05) is 32.2 Å². The first-order valence-corrected chi connectivity index (χ1v) is 9.36. The number of nitrogens with one attached hydrogen (secondary N) is 1. The van der Waals surface area contributed by atoms with Crippen LogP contribution in [0.25, 0.3) is 0 Å². The van der Waals surface area contributed by atoms with E-state index in [-0.39, 0.29) is 11.3 Å². The maximum absolute atomic E-state index is 12.7. The van der Waals surface area contributed by atoms with E-state index in [0.29, 0.717) is 36.8 Å². The number of ether oxygens (including phenoxy) is 3. The third kappa shape index (κ3) is 6.02. The van der Waals surface area contributed by atoms with Gasteiger partial charge in [0.15, 0.2) is 6.10 Å². The van der Waals surface area contributed by atoms with Gasteiger partial charge in [-0.25, -0.2) is 4.79 Å². The van der Waals surface area contributed by atoms with E-state index in [0.717, 1.165) is 6.07 Å². The Hall–Kier alpha value is -3.46. The maximum atomic E-state index is 12.7. The molecule has 0 heterocycles. The molecule has 0 saturated heterocycles. The molecule has 1 N–H and O–H groups in total. The molecule has 0 fully saturated rings. The molecule has 2 aromatic carbocycles. The number of Topliss-reactive ketones (excluding diaryl/α,β-unsaturated/α-hetero) is 1. The molecule has 2 rings (SSSR count). The van der Waals surface area contributed by atoms with E-state index in [2.05, 4.69) is 5.32 Å². The highest BCUT2D eigenvalue weighted by molar-refractivity contribution is 6.02. The molecule has 0 aromatic heterocycles. The zero-order chi connectivity index (χ0) is 22.1. The van der Waals surface area contributed by atoms with Gasteiger partial charge in [-0.15, -0.1) is 0 Å². The molecule has 0 unspecified atom stereocenters. The zero-order valence-electron chi connectivity index (χ0n) is 17.0. The molecule has 1 atom stereocenters. The number of nitrogens with zero attached hydrogens (tertiary/aromatic N) is 1. The van der Waals surface area contributed by atoms with Gasteiger partial charge in [0, 0.05) is 37.0 Å². The zero-order valence-corrected chi connectivity index (χ0v) is 17.0. The second-order valence-corrected chi connectivity index (χ2v) is 6.28. The Kier molecular flexibility index (Phi) is 8.30. The smallest absolute Gasteiger partial charge is 0.341 e. The minimum absolute atomic E-state index is 0.0355. The van der Waals surface area contributed by atoms with Crippen LogP contribution in [0.3, 0.4) is 0 Å². The van der Waals surface area contributed by atoms with E-state index in [1.807, 2.05) is 6.92 Å². The van der Waals surface area contributed by atoms with Gasteiger partial charge < -0.3 is 19.5 Å². The van der Waals surface area contributed by atoms with E-state index >= 15 is 0 Å². The summed E-state index contributed by atoms with van der Waals surface area (Å²) in [6.07, 6.45) is -1.08. The molecule has 0 aliphatic rings. The Morgan fingerprint density at radius 2 is 1.87 bits per heavy atom. The molecule has 0 saturated carbocycles. The molecule has 0 spiro atoms. The summed E-state index contributed by atoms with van der Waals surface area (Å²) in [5.74, 6) is -0.613. The van der Waals surface area contributed by atoms with Crippen LogP contribution in [0.15, 0.2) is 42.5 Å². The Morgan fingerprint density at radius 1 is 1.17 bits per heavy atom. The fraction of sp³-hybridized carbons (Fsp3) is 0.333. The minimum atomic E-state index is -1.08. The monoisotopic (exact) mass is 416 g/mol. The predicted octanol–water partition coefficient (Wildman–Crippen LogP) is 3.48. The number of carbonyl (C=O) groups is 2. The third-order valence-corrected chi connectivity index (χ3v) is 4.16. The standard InChI is InChI=1S/C21H24N2O7/c1-4-29-17-8-5-15(6-9-17)20(24)14(2)30-21(25)18-13-16(23(26)27)7-10-19(18)22-11-12-28-3/h5-10,13-14,22H,4,11-12H2,1-3H3/t14-/m1/s1. The van der Waals surface area contributed by atoms with Gasteiger partial charge in [0.2, 0.25) is 5.78 Å². The topological polar surface area (TPSA) is 117 Å². The largest absolute Gasteiger partial charge is 0.494 e. The summed E-state index contributed by atoms with van der Waals surface area (Å²) in [5.41, 5.74) is 0.413. The normalized spacial score (nSPS) is 11.4. The lowest BCUT2D eigenvalue weighted by Crippen LogP contribution is -2.25. The summed E-state index contributed by atoms with van der Waals surface area (Å²) in [5, 5.41) is 14.1. The number of hydrogen-bond donors (Lipinski definition) is 1. The van der Waals surface area contributed by atoms with E-state index < -0.39 is 22.8 Å². The summed E-state index contributed by atoms with van der Waals surface area (Å²) in [6.45, 7) is 4.57. The van der Waals surface area contributed by atoms with Crippen LogP contribution < -0.4 is 10.1 Å². The summed E-state index contributed by atoms with van der Waals surface area (Å²) in [4.78, 5) is 35.7. The molecular formula is C21H24N2O7. The van der Waals surface area contributed by atoms with Crippen molar-refractivity contribution < 1.29 is 28.7 Å². The number of non-ortho nitro benzene ring substituents is 1. The van der Waals surface area contributed by atoms with Crippen molar-refractivity contribution in [3.05, 3.63) is 63.7 Å². The lowest BCUT2D eigenvalue weighted by atomic mass is 10.1. The molecule has 30 heavy (non-hydrogen) atoms. The third-order valence-electron chi connectivity index (χ3n) is 4.16. The van der Waals surface area contributed by atoms with Gasteiger partial charge in [-0.05, 0) is 44.2 Å². The van der Waals surface area contributed by atoms with E-state index in [1.54, 1.807) is 24.3 Å². The van der Waals surface area contributed by atoms with Crippen LogP contribution in [-0.4, -0.2) is 49.6 Å². The maximum Gasteiger partial charge on any atom is 0.341 e. The number of esters is 1. The Morgan fingerprint density at radius 3 is 2.47 bits per heavy atom. The van der Waals surface area contributed by atoms with Crippen LogP contribution in [0.2, 0.25) is 0 Å². The van der Waals surface area contributed by atoms with Gasteiger partial charge in [-0.2, -0.15) is 0 Å². The van der Waals surface area contributed by atoms with Crippen molar-refractivity contribution in [3.63, 3.8) is 0 Å². The highest BCUT2D eigenvalue weighted by Gasteiger charge is 2.24. The molecule has 0 aliphatic heterocycles. The van der Waals surface area contributed by atoms with E-state index in [4.69, 9.17) is 14.2 Å². The number of nitro groups is 1. The fourth-order valence-corrected chi connectivity index (χ4v) is 2.65. The van der Waals surface area contributed by atoms with Crippen LogP contribution in [-0.2, 0) is 9.47 Å². The van der Waals surface area contributed by atoms with Gasteiger partial charge in [0.1, 0.15) is 5.75 Å². The number of ketones is 1. The number of carbonyl (C=O) groups excluding carboxylic acids is 2. The lowest BCUT2D eigenvalue weighted by Gasteiger charge is -2.15. The molecule has 0 radical (unpaired) electrons. The summed E-state index contributed by atoms with van der Waals surface area (Å²) < 4.78 is 15.6. The van der Waals surface area contributed by atoms with E-state index in [9.17, 15) is 19.7 Å². The van der Waals surface area contributed by atoms with Crippen LogP contribution in [0, 0.1) is 10.1 Å². The van der Waals surface area contributed by atoms with Gasteiger partial charge in [0.05, 0.1) is 23.7 Å². The quantitative estimate of drug-likeness (QED) is 0.195. The average Bonchev–Trinajstić information content (AvgIpc) is 2.74. The second kappa shape index (κ2) is 10.9. The highest BCUT2D eigenvalue weighted by Crippen LogP contribution is 2.24. The highest BCUT2D eigenvalue weighted by atomic mass is 16.6. The van der Waals surface area contributed by atoms with Crippen LogP contribution in [0.5, 0.6) is 5.75 Å². The number of hydrogen-bond acceptors (Lipinski definition) is 8. The molecule has 0 bridgehead atoms. The molecule has 0 amide bonds. The molecule has 9 nitrogen and oxygen atoms in total. The number of anilines is 1. The van der Waals surface area contributed by atoms with Crippen molar-refractivity contribution >= 4 is 23.1 Å². The second-order valence-electron chi connectivity index (χ2n) is 6.28. The van der Waals surface area contributed by atoms with Gasteiger partial charge in [-0.3, -0.25) is 14.9 Å². The molecule has 160 valence electrons. The van der Waals surface area contributed by atoms with Crippen molar-refractivity contribution in [2.24, 2.45) is 0 Å². The summed E-state index contributed by atoms with van der Waals surface area (Å²) in [7, 11) is 1.53. The van der Waals surface area contributed by atoms with Crippen LogP contribution in [0.1, 0.15) is 34.6 Å². The van der Waals surface area contributed by atoms with E-state index in [1.165, 1.54) is 26.2 Å².